The average Bonchev–Trinajstić information content (AvgIpc) is 2.74. The fraction of sp³-hybridized carbons (Fsp3) is 0.231. The average molecular weight is 261 g/mol. The standard InChI is InChI=1S/C13H15N3OS/c1-8-4-5-11(14-3)10(6-8)12(17)16-13-15-7-9(2)18-13/h4-7,14H,1-3H3,(H,15,16,17). The Balaban J connectivity index is 2.25. The molecule has 0 aliphatic rings. The van der Waals surface area contributed by atoms with Crippen LogP contribution in [0.15, 0.2) is 24.4 Å². The van der Waals surface area contributed by atoms with E-state index in [9.17, 15) is 4.79 Å². The van der Waals surface area contributed by atoms with Crippen molar-refractivity contribution >= 4 is 28.1 Å². The zero-order valence-corrected chi connectivity index (χ0v) is 11.4. The Kier molecular flexibility index (Phi) is 3.62. The Labute approximate surface area is 110 Å². The van der Waals surface area contributed by atoms with Gasteiger partial charge in [-0.15, -0.1) is 11.3 Å². The Morgan fingerprint density at radius 2 is 2.11 bits per heavy atom. The first-order valence-corrected chi connectivity index (χ1v) is 6.44. The number of hydrogen-bond acceptors (Lipinski definition) is 4. The summed E-state index contributed by atoms with van der Waals surface area (Å²) in [7, 11) is 1.80. The monoisotopic (exact) mass is 261 g/mol. The van der Waals surface area contributed by atoms with Crippen molar-refractivity contribution < 1.29 is 4.79 Å². The second-order valence-electron chi connectivity index (χ2n) is 4.03. The van der Waals surface area contributed by atoms with E-state index in [2.05, 4.69) is 15.6 Å². The number of aromatic nitrogens is 1. The first-order valence-electron chi connectivity index (χ1n) is 5.62. The highest BCUT2D eigenvalue weighted by molar-refractivity contribution is 7.15. The lowest BCUT2D eigenvalue weighted by Gasteiger charge is -2.09. The van der Waals surface area contributed by atoms with Crippen molar-refractivity contribution in [2.75, 3.05) is 17.7 Å². The summed E-state index contributed by atoms with van der Waals surface area (Å²) in [5, 5.41) is 6.45. The highest BCUT2D eigenvalue weighted by Crippen LogP contribution is 2.21. The predicted octanol–water partition coefficient (Wildman–Crippen LogP) is 3.05. The predicted molar refractivity (Wildman–Crippen MR) is 75.5 cm³/mol. The SMILES string of the molecule is CNc1ccc(C)cc1C(=O)Nc1ncc(C)s1. The fourth-order valence-electron chi connectivity index (χ4n) is 1.64. The normalized spacial score (nSPS) is 10.2. The minimum Gasteiger partial charge on any atom is -0.387 e. The third kappa shape index (κ3) is 2.68. The maximum absolute atomic E-state index is 12.2. The first-order chi connectivity index (χ1) is 8.60. The molecule has 2 rings (SSSR count). The number of anilines is 2. The van der Waals surface area contributed by atoms with Crippen LogP contribution in [0.3, 0.4) is 0 Å². The van der Waals surface area contributed by atoms with Gasteiger partial charge in [0.05, 0.1) is 5.56 Å². The Morgan fingerprint density at radius 1 is 1.33 bits per heavy atom. The van der Waals surface area contributed by atoms with Crippen molar-refractivity contribution in [2.24, 2.45) is 0 Å². The molecule has 5 heteroatoms. The number of carbonyl (C=O) groups is 1. The molecule has 0 fully saturated rings. The van der Waals surface area contributed by atoms with Gasteiger partial charge in [-0.1, -0.05) is 11.6 Å². The van der Waals surface area contributed by atoms with Crippen LogP contribution >= 0.6 is 11.3 Å². The van der Waals surface area contributed by atoms with Gasteiger partial charge in [0.1, 0.15) is 0 Å². The van der Waals surface area contributed by atoms with E-state index in [1.54, 1.807) is 13.2 Å². The number of aryl methyl sites for hydroxylation is 2. The molecule has 0 aliphatic heterocycles. The number of benzene rings is 1. The van der Waals surface area contributed by atoms with Crippen LogP contribution in [-0.2, 0) is 0 Å². The van der Waals surface area contributed by atoms with Gasteiger partial charge in [0, 0.05) is 23.8 Å². The fourth-order valence-corrected chi connectivity index (χ4v) is 2.30. The van der Waals surface area contributed by atoms with Crippen LogP contribution in [0.5, 0.6) is 0 Å². The summed E-state index contributed by atoms with van der Waals surface area (Å²) < 4.78 is 0. The lowest BCUT2D eigenvalue weighted by molar-refractivity contribution is 0.102. The molecule has 2 N–H and O–H groups in total. The number of nitrogens with zero attached hydrogens (tertiary/aromatic N) is 1. The number of thiazole rings is 1. The molecule has 94 valence electrons. The summed E-state index contributed by atoms with van der Waals surface area (Å²) in [5.41, 5.74) is 2.49. The van der Waals surface area contributed by atoms with Crippen LogP contribution in [0.4, 0.5) is 10.8 Å². The summed E-state index contributed by atoms with van der Waals surface area (Å²) in [6.45, 7) is 3.92. The van der Waals surface area contributed by atoms with Crippen molar-refractivity contribution in [3.05, 3.63) is 40.4 Å². The molecule has 0 bridgehead atoms. The van der Waals surface area contributed by atoms with Crippen molar-refractivity contribution in [3.63, 3.8) is 0 Å². The number of amides is 1. The maximum atomic E-state index is 12.2. The van der Waals surface area contributed by atoms with Gasteiger partial charge in [-0.3, -0.25) is 10.1 Å². The summed E-state index contributed by atoms with van der Waals surface area (Å²) >= 11 is 1.46. The molecule has 2 aromatic rings. The third-order valence-electron chi connectivity index (χ3n) is 2.53. The minimum absolute atomic E-state index is 0.141. The van der Waals surface area contributed by atoms with Crippen LogP contribution in [-0.4, -0.2) is 17.9 Å². The molecule has 1 aromatic heterocycles. The molecule has 1 amide bonds. The van der Waals surface area contributed by atoms with E-state index in [1.807, 2.05) is 32.0 Å². The van der Waals surface area contributed by atoms with Crippen LogP contribution in [0.2, 0.25) is 0 Å². The second-order valence-corrected chi connectivity index (χ2v) is 5.26. The lowest BCUT2D eigenvalue weighted by atomic mass is 10.1. The largest absolute Gasteiger partial charge is 0.387 e. The summed E-state index contributed by atoms with van der Waals surface area (Å²) in [6, 6.07) is 5.73. The summed E-state index contributed by atoms with van der Waals surface area (Å²) in [5.74, 6) is -0.141. The van der Waals surface area contributed by atoms with Gasteiger partial charge in [-0.05, 0) is 26.0 Å². The molecule has 0 atom stereocenters. The number of nitrogens with one attached hydrogen (secondary N) is 2. The quantitative estimate of drug-likeness (QED) is 0.892. The Morgan fingerprint density at radius 3 is 2.72 bits per heavy atom. The molecule has 0 aliphatic carbocycles. The van der Waals surface area contributed by atoms with E-state index < -0.39 is 0 Å². The van der Waals surface area contributed by atoms with Crippen LogP contribution in [0.25, 0.3) is 0 Å². The van der Waals surface area contributed by atoms with Gasteiger partial charge in [0.25, 0.3) is 5.91 Å². The van der Waals surface area contributed by atoms with E-state index >= 15 is 0 Å². The first kappa shape index (κ1) is 12.6. The zero-order chi connectivity index (χ0) is 13.1. The minimum atomic E-state index is -0.141. The van der Waals surface area contributed by atoms with Gasteiger partial charge < -0.3 is 5.32 Å². The summed E-state index contributed by atoms with van der Waals surface area (Å²) in [4.78, 5) is 17.4. The van der Waals surface area contributed by atoms with Crippen LogP contribution in [0.1, 0.15) is 20.8 Å². The smallest absolute Gasteiger partial charge is 0.259 e. The highest BCUT2D eigenvalue weighted by Gasteiger charge is 2.12. The maximum Gasteiger partial charge on any atom is 0.259 e. The van der Waals surface area contributed by atoms with Gasteiger partial charge in [-0.2, -0.15) is 0 Å². The Bertz CT molecular complexity index is 577. The topological polar surface area (TPSA) is 54.0 Å². The number of carbonyl (C=O) groups excluding carboxylic acids is 1. The van der Waals surface area contributed by atoms with Crippen molar-refractivity contribution in [1.82, 2.24) is 4.98 Å². The second kappa shape index (κ2) is 5.18. The van der Waals surface area contributed by atoms with E-state index in [4.69, 9.17) is 0 Å². The number of hydrogen-bond donors (Lipinski definition) is 2. The summed E-state index contributed by atoms with van der Waals surface area (Å²) in [6.07, 6.45) is 1.75. The van der Waals surface area contributed by atoms with E-state index in [-0.39, 0.29) is 5.91 Å². The van der Waals surface area contributed by atoms with Gasteiger partial charge in [0.2, 0.25) is 0 Å². The Hall–Kier alpha value is -1.88. The lowest BCUT2D eigenvalue weighted by Crippen LogP contribution is -2.14. The molecule has 18 heavy (non-hydrogen) atoms. The van der Waals surface area contributed by atoms with Crippen LogP contribution < -0.4 is 10.6 Å². The van der Waals surface area contributed by atoms with Crippen molar-refractivity contribution in [1.29, 1.82) is 0 Å². The van der Waals surface area contributed by atoms with E-state index in [0.29, 0.717) is 10.7 Å². The van der Waals surface area contributed by atoms with E-state index in [0.717, 1.165) is 16.1 Å². The zero-order valence-electron chi connectivity index (χ0n) is 10.6. The molecule has 0 radical (unpaired) electrons. The number of rotatable bonds is 3. The molecule has 0 unspecified atom stereocenters. The molecule has 1 aromatic carbocycles. The van der Waals surface area contributed by atoms with E-state index in [1.165, 1.54) is 11.3 Å². The van der Waals surface area contributed by atoms with Gasteiger partial charge >= 0.3 is 0 Å². The molecule has 0 spiro atoms. The van der Waals surface area contributed by atoms with Crippen molar-refractivity contribution in [2.45, 2.75) is 13.8 Å². The van der Waals surface area contributed by atoms with Crippen LogP contribution in [0, 0.1) is 13.8 Å². The van der Waals surface area contributed by atoms with Gasteiger partial charge in [0.15, 0.2) is 5.13 Å². The van der Waals surface area contributed by atoms with Gasteiger partial charge in [-0.25, -0.2) is 4.98 Å². The molecular formula is C13H15N3OS. The molecule has 4 nitrogen and oxygen atoms in total. The third-order valence-corrected chi connectivity index (χ3v) is 3.36. The highest BCUT2D eigenvalue weighted by atomic mass is 32.1. The molecular weight excluding hydrogens is 246 g/mol. The molecule has 0 saturated heterocycles. The van der Waals surface area contributed by atoms with Crippen molar-refractivity contribution in [3.8, 4) is 0 Å². The molecule has 0 saturated carbocycles. The molecule has 1 heterocycles.